The first-order chi connectivity index (χ1) is 12.7. The molecule has 26 heavy (non-hydrogen) atoms. The van der Waals surface area contributed by atoms with Crippen molar-refractivity contribution in [3.8, 4) is 5.75 Å². The van der Waals surface area contributed by atoms with Crippen LogP contribution in [0.2, 0.25) is 0 Å². The lowest BCUT2D eigenvalue weighted by atomic mass is 10.1. The summed E-state index contributed by atoms with van der Waals surface area (Å²) in [6, 6.07) is 7.48. The molecule has 2 aliphatic rings. The van der Waals surface area contributed by atoms with Gasteiger partial charge in [0.15, 0.2) is 0 Å². The highest BCUT2D eigenvalue weighted by atomic mass is 16.5. The minimum atomic E-state index is -0.117. The number of hydrogen-bond donors (Lipinski definition) is 0. The molecule has 1 saturated heterocycles. The van der Waals surface area contributed by atoms with E-state index in [-0.39, 0.29) is 12.0 Å². The number of amides is 1. The molecule has 138 valence electrons. The third kappa shape index (κ3) is 3.90. The molecule has 0 bridgehead atoms. The highest BCUT2D eigenvalue weighted by molar-refractivity contribution is 5.94. The van der Waals surface area contributed by atoms with Crippen molar-refractivity contribution in [3.63, 3.8) is 0 Å². The summed E-state index contributed by atoms with van der Waals surface area (Å²) in [5.41, 5.74) is 1.71. The lowest BCUT2D eigenvalue weighted by molar-refractivity contribution is -0.0228. The van der Waals surface area contributed by atoms with Gasteiger partial charge in [-0.05, 0) is 49.9 Å². The van der Waals surface area contributed by atoms with E-state index in [1.807, 2.05) is 53.2 Å². The molecule has 0 radical (unpaired) electrons. The molecule has 1 amide bonds. The molecule has 1 aromatic carbocycles. The number of benzene rings is 1. The van der Waals surface area contributed by atoms with Crippen LogP contribution in [-0.4, -0.2) is 46.9 Å². The smallest absolute Gasteiger partial charge is 0.254 e. The molecular weight excluding hydrogens is 330 g/mol. The summed E-state index contributed by atoms with van der Waals surface area (Å²) < 4.78 is 13.5. The van der Waals surface area contributed by atoms with Crippen molar-refractivity contribution < 1.29 is 14.3 Å². The Kier molecular flexibility index (Phi) is 4.93. The van der Waals surface area contributed by atoms with E-state index in [0.29, 0.717) is 25.3 Å². The molecule has 1 aliphatic heterocycles. The van der Waals surface area contributed by atoms with Gasteiger partial charge < -0.3 is 14.4 Å². The Balaban J connectivity index is 1.38. The molecule has 6 nitrogen and oxygen atoms in total. The second-order valence-corrected chi connectivity index (χ2v) is 7.02. The molecule has 1 unspecified atom stereocenters. The van der Waals surface area contributed by atoms with Crippen LogP contribution in [0.3, 0.4) is 0 Å². The maximum absolute atomic E-state index is 12.8. The summed E-state index contributed by atoms with van der Waals surface area (Å²) in [5.74, 6) is 1.59. The summed E-state index contributed by atoms with van der Waals surface area (Å²) in [6.07, 6.45) is 6.24. The minimum Gasteiger partial charge on any atom is -0.493 e. The first-order valence-electron chi connectivity index (χ1n) is 9.39. The van der Waals surface area contributed by atoms with Crippen LogP contribution in [0.4, 0.5) is 0 Å². The largest absolute Gasteiger partial charge is 0.493 e. The van der Waals surface area contributed by atoms with Gasteiger partial charge in [-0.15, -0.1) is 0 Å². The van der Waals surface area contributed by atoms with Crippen LogP contribution in [0.5, 0.6) is 5.75 Å². The van der Waals surface area contributed by atoms with Crippen LogP contribution < -0.4 is 4.74 Å². The van der Waals surface area contributed by atoms with Crippen LogP contribution in [0.15, 0.2) is 36.7 Å². The zero-order valence-electron chi connectivity index (χ0n) is 15.1. The van der Waals surface area contributed by atoms with Gasteiger partial charge >= 0.3 is 0 Å². The Morgan fingerprint density at radius 3 is 2.81 bits per heavy atom. The van der Waals surface area contributed by atoms with Crippen molar-refractivity contribution in [2.45, 2.75) is 32.4 Å². The molecule has 4 rings (SSSR count). The maximum Gasteiger partial charge on any atom is 0.254 e. The molecule has 0 spiro atoms. The van der Waals surface area contributed by atoms with Crippen LogP contribution in [0.25, 0.3) is 0 Å². The van der Waals surface area contributed by atoms with Gasteiger partial charge in [-0.2, -0.15) is 5.10 Å². The van der Waals surface area contributed by atoms with E-state index in [9.17, 15) is 4.79 Å². The van der Waals surface area contributed by atoms with Crippen molar-refractivity contribution in [1.82, 2.24) is 14.7 Å². The lowest BCUT2D eigenvalue weighted by Crippen LogP contribution is -2.42. The van der Waals surface area contributed by atoms with E-state index in [1.54, 1.807) is 0 Å². The third-order valence-electron chi connectivity index (χ3n) is 4.99. The monoisotopic (exact) mass is 355 g/mol. The molecule has 1 aromatic heterocycles. The Bertz CT molecular complexity index is 752. The van der Waals surface area contributed by atoms with Gasteiger partial charge in [0.05, 0.1) is 26.0 Å². The van der Waals surface area contributed by atoms with Gasteiger partial charge in [-0.1, -0.05) is 0 Å². The zero-order chi connectivity index (χ0) is 17.9. The van der Waals surface area contributed by atoms with E-state index in [1.165, 1.54) is 12.8 Å². The number of ether oxygens (including phenoxy) is 2. The fourth-order valence-corrected chi connectivity index (χ4v) is 3.13. The van der Waals surface area contributed by atoms with Gasteiger partial charge in [-0.3, -0.25) is 9.48 Å². The summed E-state index contributed by atoms with van der Waals surface area (Å²) in [5, 5.41) is 4.30. The first kappa shape index (κ1) is 17.1. The van der Waals surface area contributed by atoms with Crippen LogP contribution in [0, 0.1) is 5.92 Å². The van der Waals surface area contributed by atoms with Gasteiger partial charge in [0.25, 0.3) is 5.91 Å². The molecule has 1 aliphatic carbocycles. The molecule has 0 N–H and O–H groups in total. The third-order valence-corrected chi connectivity index (χ3v) is 4.99. The quantitative estimate of drug-likeness (QED) is 0.799. The van der Waals surface area contributed by atoms with Gasteiger partial charge in [0.1, 0.15) is 11.9 Å². The summed E-state index contributed by atoms with van der Waals surface area (Å²) in [7, 11) is 0. The predicted octanol–water partition coefficient (Wildman–Crippen LogP) is 2.91. The number of aryl methyl sites for hydroxylation is 1. The highest BCUT2D eigenvalue weighted by Gasteiger charge is 2.27. The Labute approximate surface area is 153 Å². The van der Waals surface area contributed by atoms with E-state index in [4.69, 9.17) is 9.47 Å². The van der Waals surface area contributed by atoms with Crippen molar-refractivity contribution in [2.75, 3.05) is 26.3 Å². The van der Waals surface area contributed by atoms with E-state index >= 15 is 0 Å². The van der Waals surface area contributed by atoms with Gasteiger partial charge in [-0.25, -0.2) is 0 Å². The van der Waals surface area contributed by atoms with Gasteiger partial charge in [0, 0.05) is 30.4 Å². The minimum absolute atomic E-state index is 0.0370. The summed E-state index contributed by atoms with van der Waals surface area (Å²) in [4.78, 5) is 14.7. The standard InChI is InChI=1S/C20H25N3O3/c1-2-23-12-17(11-21-23)19-13-22(9-10-25-19)20(24)16-5-7-18(8-6-16)26-14-15-3-4-15/h5-8,11-12,15,19H,2-4,9-10,13-14H2,1H3. The highest BCUT2D eigenvalue weighted by Crippen LogP contribution is 2.29. The zero-order valence-corrected chi connectivity index (χ0v) is 15.1. The Morgan fingerprint density at radius 1 is 1.31 bits per heavy atom. The summed E-state index contributed by atoms with van der Waals surface area (Å²) in [6.45, 7) is 5.35. The fraction of sp³-hybridized carbons (Fsp3) is 0.500. The van der Waals surface area contributed by atoms with Crippen LogP contribution in [0.1, 0.15) is 41.8 Å². The number of morpholine rings is 1. The van der Waals surface area contributed by atoms with Gasteiger partial charge in [0.2, 0.25) is 0 Å². The molecule has 1 saturated carbocycles. The number of hydrogen-bond acceptors (Lipinski definition) is 4. The molecule has 1 atom stereocenters. The molecule has 2 aromatic rings. The van der Waals surface area contributed by atoms with Crippen molar-refractivity contribution in [2.24, 2.45) is 5.92 Å². The first-order valence-corrected chi connectivity index (χ1v) is 9.39. The molecule has 2 fully saturated rings. The average molecular weight is 355 g/mol. The van der Waals surface area contributed by atoms with Crippen molar-refractivity contribution in [1.29, 1.82) is 0 Å². The number of aromatic nitrogens is 2. The number of rotatable bonds is 6. The number of carbonyl (C=O) groups excluding carboxylic acids is 1. The normalized spacial score (nSPS) is 20.2. The fourth-order valence-electron chi connectivity index (χ4n) is 3.13. The van der Waals surface area contributed by atoms with Crippen molar-refractivity contribution in [3.05, 3.63) is 47.8 Å². The number of nitrogens with zero attached hydrogens (tertiary/aromatic N) is 3. The summed E-state index contributed by atoms with van der Waals surface area (Å²) >= 11 is 0. The van der Waals surface area contributed by atoms with E-state index in [0.717, 1.165) is 30.4 Å². The Hall–Kier alpha value is -2.34. The second-order valence-electron chi connectivity index (χ2n) is 7.02. The lowest BCUT2D eigenvalue weighted by Gasteiger charge is -2.32. The second kappa shape index (κ2) is 7.50. The molecule has 6 heteroatoms. The van der Waals surface area contributed by atoms with E-state index in [2.05, 4.69) is 5.10 Å². The van der Waals surface area contributed by atoms with E-state index < -0.39 is 0 Å². The molecular formula is C20H25N3O3. The topological polar surface area (TPSA) is 56.6 Å². The van der Waals surface area contributed by atoms with Crippen molar-refractivity contribution >= 4 is 5.91 Å². The maximum atomic E-state index is 12.8. The SMILES string of the molecule is CCn1cc(C2CN(C(=O)c3ccc(OCC4CC4)cc3)CCO2)cn1. The van der Waals surface area contributed by atoms with Crippen LogP contribution >= 0.6 is 0 Å². The Morgan fingerprint density at radius 2 is 2.12 bits per heavy atom. The number of carbonyl (C=O) groups is 1. The average Bonchev–Trinajstić information content (AvgIpc) is 3.40. The predicted molar refractivity (Wildman–Crippen MR) is 97.2 cm³/mol. The van der Waals surface area contributed by atoms with Crippen LogP contribution in [-0.2, 0) is 11.3 Å². The molecule has 2 heterocycles.